The van der Waals surface area contributed by atoms with Gasteiger partial charge in [-0.2, -0.15) is 0 Å². The van der Waals surface area contributed by atoms with Crippen LogP contribution < -0.4 is 26.6 Å². The summed E-state index contributed by atoms with van der Waals surface area (Å²) < 4.78 is 4.79. The Bertz CT molecular complexity index is 2040. The number of rotatable bonds is 14. The van der Waals surface area contributed by atoms with Gasteiger partial charge in [0.2, 0.25) is 17.7 Å². The number of alkyl carbamates (subject to hydrolysis) is 1. The Morgan fingerprint density at radius 2 is 1.36 bits per heavy atom. The van der Waals surface area contributed by atoms with Crippen LogP contribution in [0.25, 0.3) is 26.6 Å². The number of thiophene rings is 1. The number of hydrogen-bond acceptors (Lipinski definition) is 9. The van der Waals surface area contributed by atoms with Gasteiger partial charge in [-0.05, 0) is 105 Å². The summed E-state index contributed by atoms with van der Waals surface area (Å²) in [4.78, 5) is 58.4. The molecule has 4 aliphatic rings. The van der Waals surface area contributed by atoms with Crippen molar-refractivity contribution in [3.63, 3.8) is 0 Å². The van der Waals surface area contributed by atoms with Crippen LogP contribution in [0.15, 0.2) is 60.7 Å². The second-order valence-corrected chi connectivity index (χ2v) is 18.3. The number of ether oxygens (including phenoxy) is 1. The molecule has 1 aliphatic carbocycles. The topological polar surface area (TPSA) is 144 Å². The van der Waals surface area contributed by atoms with Crippen molar-refractivity contribution in [3.05, 3.63) is 66.2 Å². The Morgan fingerprint density at radius 3 is 2.02 bits per heavy atom. The Labute approximate surface area is 352 Å². The molecule has 4 heterocycles. The Kier molecular flexibility index (Phi) is 12.9. The minimum absolute atomic E-state index is 0.0150. The largest absolute Gasteiger partial charge is 0.453 e. The molecule has 12 nitrogen and oxygen atoms in total. The van der Waals surface area contributed by atoms with Crippen LogP contribution in [0.1, 0.15) is 85.6 Å². The molecule has 1 saturated carbocycles. The second-order valence-electron chi connectivity index (χ2n) is 17.2. The number of carbonyl (C=O) groups is 4. The summed E-state index contributed by atoms with van der Waals surface area (Å²) in [6, 6.07) is 18.2. The molecule has 2 saturated heterocycles. The molecule has 0 spiro atoms. The number of amides is 4. The van der Waals surface area contributed by atoms with Crippen molar-refractivity contribution in [1.82, 2.24) is 25.8 Å². The summed E-state index contributed by atoms with van der Waals surface area (Å²) in [5.74, 6) is -0.0379. The zero-order valence-electron chi connectivity index (χ0n) is 35.5. The molecule has 316 valence electrons. The average molecular weight is 824 g/mol. The van der Waals surface area contributed by atoms with Crippen LogP contribution in [-0.4, -0.2) is 90.2 Å². The van der Waals surface area contributed by atoms with E-state index in [1.807, 2.05) is 44.4 Å². The van der Waals surface area contributed by atoms with Gasteiger partial charge >= 0.3 is 6.09 Å². The Hall–Kier alpha value is -5.04. The number of anilines is 2. The van der Waals surface area contributed by atoms with E-state index in [0.717, 1.165) is 77.2 Å². The summed E-state index contributed by atoms with van der Waals surface area (Å²) in [6.07, 6.45) is 6.81. The number of fused-ring (bicyclic) bond motifs is 1. The van der Waals surface area contributed by atoms with Gasteiger partial charge in [0.15, 0.2) is 0 Å². The molecule has 7 rings (SSSR count). The summed E-state index contributed by atoms with van der Waals surface area (Å²) in [7, 11) is 1.31. The molecule has 0 radical (unpaired) electrons. The molecule has 0 bridgehead atoms. The maximum absolute atomic E-state index is 13.8. The van der Waals surface area contributed by atoms with E-state index in [4.69, 9.17) is 4.74 Å². The first-order chi connectivity index (χ1) is 28.4. The molecule has 5 N–H and O–H groups in total. The molecule has 6 atom stereocenters. The number of hydrogen-bond donors (Lipinski definition) is 5. The van der Waals surface area contributed by atoms with Crippen LogP contribution in [0, 0.1) is 17.8 Å². The molecular weight excluding hydrogens is 763 g/mol. The van der Waals surface area contributed by atoms with Gasteiger partial charge in [0, 0.05) is 40.5 Å². The standard InChI is InChI=1S/C46H61N7O5S/c1-8-33(47-28(6)36-11-9-23-52(36)44(55)40(26(2)3)50-43(54)31-17-18-31)29-13-15-30(16-14-29)38-21-22-39(59-38)32-19-20-34-35(25-32)49-42(48-34)37-12-10-24-53(37)45(56)41(27(4)5)51-46(57)58-7/h8,13-16,19-22,25-28,31,36-37,40-42,47-49H,9-12,17-18,23-24H2,1-7H3,(H,50,54)(H,51,57)/b33-8-/t28?,36-,37-,40-,41-,42?/m0/s1. The van der Waals surface area contributed by atoms with Gasteiger partial charge < -0.3 is 41.1 Å². The smallest absolute Gasteiger partial charge is 0.407 e. The molecule has 4 amide bonds. The quantitative estimate of drug-likeness (QED) is 0.113. The second kappa shape index (κ2) is 18.1. The van der Waals surface area contributed by atoms with Crippen molar-refractivity contribution in [1.29, 1.82) is 0 Å². The summed E-state index contributed by atoms with van der Waals surface area (Å²) >= 11 is 1.75. The predicted octanol–water partition coefficient (Wildman–Crippen LogP) is 7.50. The molecule has 3 aromatic rings. The number of nitrogens with one attached hydrogen (secondary N) is 5. The number of benzene rings is 2. The fourth-order valence-electron chi connectivity index (χ4n) is 8.83. The van der Waals surface area contributed by atoms with Gasteiger partial charge in [-0.1, -0.05) is 64.1 Å². The van der Waals surface area contributed by atoms with Crippen molar-refractivity contribution in [2.75, 3.05) is 30.8 Å². The van der Waals surface area contributed by atoms with Crippen molar-refractivity contribution in [3.8, 4) is 20.9 Å². The van der Waals surface area contributed by atoms with Gasteiger partial charge in [0.05, 0.1) is 30.6 Å². The van der Waals surface area contributed by atoms with Gasteiger partial charge in [-0.25, -0.2) is 4.79 Å². The van der Waals surface area contributed by atoms with E-state index in [1.165, 1.54) is 12.0 Å². The van der Waals surface area contributed by atoms with Crippen molar-refractivity contribution < 1.29 is 23.9 Å². The molecule has 3 fully saturated rings. The van der Waals surface area contributed by atoms with Gasteiger partial charge in [0.1, 0.15) is 18.2 Å². The van der Waals surface area contributed by atoms with Gasteiger partial charge in [0.25, 0.3) is 0 Å². The van der Waals surface area contributed by atoms with Crippen LogP contribution in [0.5, 0.6) is 0 Å². The highest BCUT2D eigenvalue weighted by atomic mass is 32.1. The number of likely N-dealkylation sites (tertiary alicyclic amines) is 2. The normalized spacial score (nSPS) is 21.7. The van der Waals surface area contributed by atoms with E-state index in [2.05, 4.69) is 94.2 Å². The lowest BCUT2D eigenvalue weighted by Gasteiger charge is -2.35. The minimum atomic E-state index is -0.656. The maximum atomic E-state index is 13.8. The van der Waals surface area contributed by atoms with E-state index in [0.29, 0.717) is 13.1 Å². The van der Waals surface area contributed by atoms with Crippen molar-refractivity contribution in [2.45, 2.75) is 116 Å². The Balaban J connectivity index is 0.972. The number of methoxy groups -OCH3 is 1. The fraction of sp³-hybridized carbons (Fsp3) is 0.522. The lowest BCUT2D eigenvalue weighted by Crippen LogP contribution is -2.56. The predicted molar refractivity (Wildman–Crippen MR) is 236 cm³/mol. The van der Waals surface area contributed by atoms with E-state index < -0.39 is 18.2 Å². The van der Waals surface area contributed by atoms with E-state index in [9.17, 15) is 19.2 Å². The monoisotopic (exact) mass is 823 g/mol. The third-order valence-electron chi connectivity index (χ3n) is 12.4. The fourth-order valence-corrected chi connectivity index (χ4v) is 9.84. The molecule has 59 heavy (non-hydrogen) atoms. The van der Waals surface area contributed by atoms with Crippen LogP contribution in [0.4, 0.5) is 16.2 Å². The van der Waals surface area contributed by atoms with Gasteiger partial charge in [-0.3, -0.25) is 14.4 Å². The first kappa shape index (κ1) is 42.1. The van der Waals surface area contributed by atoms with E-state index >= 15 is 0 Å². The first-order valence-corrected chi connectivity index (χ1v) is 22.2. The summed E-state index contributed by atoms with van der Waals surface area (Å²) in [5.41, 5.74) is 6.38. The average Bonchev–Trinajstić information content (AvgIpc) is 3.65. The summed E-state index contributed by atoms with van der Waals surface area (Å²) in [6.45, 7) is 13.4. The third-order valence-corrected chi connectivity index (χ3v) is 13.6. The lowest BCUT2D eigenvalue weighted by molar-refractivity contribution is -0.139. The zero-order valence-corrected chi connectivity index (χ0v) is 36.3. The first-order valence-electron chi connectivity index (χ1n) is 21.4. The third kappa shape index (κ3) is 9.25. The molecule has 1 aromatic heterocycles. The molecule has 2 aromatic carbocycles. The van der Waals surface area contributed by atoms with Crippen molar-refractivity contribution in [2.24, 2.45) is 17.8 Å². The van der Waals surface area contributed by atoms with E-state index in [1.54, 1.807) is 11.3 Å². The Morgan fingerprint density at radius 1 is 0.746 bits per heavy atom. The summed E-state index contributed by atoms with van der Waals surface area (Å²) in [5, 5.41) is 16.8. The van der Waals surface area contributed by atoms with Gasteiger partial charge in [-0.15, -0.1) is 11.3 Å². The van der Waals surface area contributed by atoms with Crippen LogP contribution >= 0.6 is 11.3 Å². The number of allylic oxidation sites excluding steroid dienone is 1. The number of nitrogens with zero attached hydrogens (tertiary/aromatic N) is 2. The highest BCUT2D eigenvalue weighted by molar-refractivity contribution is 7.18. The van der Waals surface area contributed by atoms with E-state index in [-0.39, 0.29) is 59.8 Å². The van der Waals surface area contributed by atoms with Crippen LogP contribution in [0.2, 0.25) is 0 Å². The SMILES string of the molecule is C/C=C(\NC(C)[C@@H]1CCCN1C(=O)[C@@H](NC(=O)C1CC1)C(C)C)c1ccc(-c2ccc(-c3ccc4c(c3)NC([C@@H]3CCCN3C(=O)[C@@H](NC(=O)OC)C(C)C)N4)s2)cc1. The highest BCUT2D eigenvalue weighted by Crippen LogP contribution is 2.40. The maximum Gasteiger partial charge on any atom is 0.407 e. The number of carbonyl (C=O) groups excluding carboxylic acids is 4. The van der Waals surface area contributed by atoms with Crippen LogP contribution in [-0.2, 0) is 19.1 Å². The van der Waals surface area contributed by atoms with Crippen LogP contribution in [0.3, 0.4) is 0 Å². The molecule has 13 heteroatoms. The van der Waals surface area contributed by atoms with Crippen molar-refractivity contribution >= 4 is 52.2 Å². The molecular formula is C46H61N7O5S. The molecule has 2 unspecified atom stereocenters. The lowest BCUT2D eigenvalue weighted by atomic mass is 10.00. The molecule has 3 aliphatic heterocycles. The highest BCUT2D eigenvalue weighted by Gasteiger charge is 2.42. The minimum Gasteiger partial charge on any atom is -0.453 e. The zero-order chi connectivity index (χ0) is 42.0.